The third kappa shape index (κ3) is 3.13. The highest BCUT2D eigenvalue weighted by Crippen LogP contribution is 2.44. The Morgan fingerprint density at radius 1 is 1.35 bits per heavy atom. The molecular weight excluding hydrogens is 316 g/mol. The van der Waals surface area contributed by atoms with Gasteiger partial charge in [-0.25, -0.2) is 0 Å². The highest BCUT2D eigenvalue weighted by Gasteiger charge is 2.28. The lowest BCUT2D eigenvalue weighted by Crippen LogP contribution is -2.24. The van der Waals surface area contributed by atoms with Gasteiger partial charge >= 0.3 is 5.97 Å². The van der Waals surface area contributed by atoms with Gasteiger partial charge in [-0.15, -0.1) is 0 Å². The molecule has 0 aliphatic heterocycles. The summed E-state index contributed by atoms with van der Waals surface area (Å²) in [6.45, 7) is -0.376. The lowest BCUT2D eigenvalue weighted by Gasteiger charge is -2.13. The van der Waals surface area contributed by atoms with E-state index in [1.165, 1.54) is 10.6 Å². The second kappa shape index (κ2) is 5.90. The van der Waals surface area contributed by atoms with E-state index >= 15 is 0 Å². The molecule has 0 spiro atoms. The van der Waals surface area contributed by atoms with Crippen molar-refractivity contribution in [1.29, 1.82) is 5.26 Å². The molecule has 1 aromatic carbocycles. The Labute approximate surface area is 137 Å². The Morgan fingerprint density at radius 3 is 2.70 bits per heavy atom. The molecule has 2 aromatic rings. The Balaban J connectivity index is 2.22. The summed E-state index contributed by atoms with van der Waals surface area (Å²) in [4.78, 5) is 23.1. The number of carboxylic acids is 1. The molecule has 1 heterocycles. The van der Waals surface area contributed by atoms with Crippen LogP contribution in [0, 0.1) is 11.3 Å². The zero-order valence-electron chi connectivity index (χ0n) is 12.1. The van der Waals surface area contributed by atoms with Crippen LogP contribution in [0.15, 0.2) is 35.3 Å². The largest absolute Gasteiger partial charge is 0.480 e. The van der Waals surface area contributed by atoms with Crippen molar-refractivity contribution >= 4 is 17.6 Å². The quantitative estimate of drug-likeness (QED) is 0.935. The third-order valence-corrected chi connectivity index (χ3v) is 4.11. The fourth-order valence-electron chi connectivity index (χ4n) is 2.65. The van der Waals surface area contributed by atoms with Gasteiger partial charge in [0.05, 0.1) is 11.6 Å². The summed E-state index contributed by atoms with van der Waals surface area (Å²) in [5.41, 5.74) is 2.20. The van der Waals surface area contributed by atoms with E-state index in [0.29, 0.717) is 21.7 Å². The fraction of sp³-hybridized carbons (Fsp3) is 0.235. The second-order valence-corrected chi connectivity index (χ2v) is 6.01. The van der Waals surface area contributed by atoms with E-state index in [2.05, 4.69) is 6.07 Å². The monoisotopic (exact) mass is 328 g/mol. The van der Waals surface area contributed by atoms with Gasteiger partial charge in [0.15, 0.2) is 0 Å². The van der Waals surface area contributed by atoms with Gasteiger partial charge in [-0.1, -0.05) is 11.6 Å². The predicted octanol–water partition coefficient (Wildman–Crippen LogP) is 3.00. The zero-order chi connectivity index (χ0) is 16.6. The highest BCUT2D eigenvalue weighted by atomic mass is 35.5. The van der Waals surface area contributed by atoms with Crippen molar-refractivity contribution < 1.29 is 9.90 Å². The topological polar surface area (TPSA) is 83.1 Å². The molecule has 0 unspecified atom stereocenters. The van der Waals surface area contributed by atoms with Gasteiger partial charge in [0.1, 0.15) is 6.54 Å². The molecule has 0 radical (unpaired) electrons. The average molecular weight is 329 g/mol. The van der Waals surface area contributed by atoms with Gasteiger partial charge in [0, 0.05) is 22.8 Å². The molecule has 116 valence electrons. The van der Waals surface area contributed by atoms with Crippen molar-refractivity contribution in [2.75, 3.05) is 0 Å². The first-order valence-corrected chi connectivity index (χ1v) is 7.53. The predicted molar refractivity (Wildman–Crippen MR) is 85.5 cm³/mol. The fourth-order valence-corrected chi connectivity index (χ4v) is 2.82. The molecule has 1 aromatic heterocycles. The number of carboxylic acid groups (broad SMARTS) is 1. The van der Waals surface area contributed by atoms with Crippen molar-refractivity contribution in [2.45, 2.75) is 25.3 Å². The number of pyridine rings is 1. The average Bonchev–Trinajstić information content (AvgIpc) is 3.33. The van der Waals surface area contributed by atoms with E-state index < -0.39 is 11.5 Å². The van der Waals surface area contributed by atoms with Crippen LogP contribution in [0.1, 0.15) is 29.9 Å². The molecule has 0 amide bonds. The summed E-state index contributed by atoms with van der Waals surface area (Å²) in [5, 5.41) is 18.7. The number of benzene rings is 1. The summed E-state index contributed by atoms with van der Waals surface area (Å²) in [5.74, 6) is -0.779. The maximum atomic E-state index is 12.2. The minimum Gasteiger partial charge on any atom is -0.480 e. The number of halogens is 1. The molecular formula is C17H13ClN2O3. The molecule has 1 aliphatic rings. The summed E-state index contributed by atoms with van der Waals surface area (Å²) >= 11 is 6.04. The minimum atomic E-state index is -1.07. The Kier molecular flexibility index (Phi) is 3.93. The number of nitriles is 1. The molecule has 5 nitrogen and oxygen atoms in total. The number of hydrogen-bond acceptors (Lipinski definition) is 3. The van der Waals surface area contributed by atoms with Gasteiger partial charge in [0.25, 0.3) is 5.56 Å². The molecule has 6 heteroatoms. The molecule has 0 saturated heterocycles. The second-order valence-electron chi connectivity index (χ2n) is 5.58. The number of aromatic nitrogens is 1. The van der Waals surface area contributed by atoms with Crippen LogP contribution >= 0.6 is 11.6 Å². The van der Waals surface area contributed by atoms with E-state index in [0.717, 1.165) is 18.4 Å². The maximum Gasteiger partial charge on any atom is 0.323 e. The zero-order valence-corrected chi connectivity index (χ0v) is 12.9. The molecule has 3 rings (SSSR count). The molecule has 23 heavy (non-hydrogen) atoms. The lowest BCUT2D eigenvalue weighted by atomic mass is 9.95. The van der Waals surface area contributed by atoms with Crippen molar-refractivity contribution in [2.24, 2.45) is 0 Å². The Bertz CT molecular complexity index is 892. The first-order chi connectivity index (χ1) is 11.0. The molecule has 1 aliphatic carbocycles. The van der Waals surface area contributed by atoms with Crippen LogP contribution in [-0.4, -0.2) is 15.6 Å². The van der Waals surface area contributed by atoms with Gasteiger partial charge in [-0.3, -0.25) is 9.59 Å². The van der Waals surface area contributed by atoms with E-state index in [-0.39, 0.29) is 12.5 Å². The molecule has 0 bridgehead atoms. The SMILES string of the molecule is N#Cc1ccc(Cl)cc1-c1cc(=O)n(CC(=O)O)cc1C1CC1. The smallest absolute Gasteiger partial charge is 0.323 e. The number of rotatable bonds is 4. The van der Waals surface area contributed by atoms with Gasteiger partial charge < -0.3 is 9.67 Å². The lowest BCUT2D eigenvalue weighted by molar-refractivity contribution is -0.137. The Hall–Kier alpha value is -2.58. The maximum absolute atomic E-state index is 12.2. The first kappa shape index (κ1) is 15.3. The van der Waals surface area contributed by atoms with Gasteiger partial charge in [-0.2, -0.15) is 5.26 Å². The minimum absolute atomic E-state index is 0.288. The highest BCUT2D eigenvalue weighted by molar-refractivity contribution is 6.31. The number of nitrogens with zero attached hydrogens (tertiary/aromatic N) is 2. The van der Waals surface area contributed by atoms with Crippen molar-refractivity contribution in [3.8, 4) is 17.2 Å². The summed E-state index contributed by atoms with van der Waals surface area (Å²) in [7, 11) is 0. The number of hydrogen-bond donors (Lipinski definition) is 1. The van der Waals surface area contributed by atoms with Crippen LogP contribution in [-0.2, 0) is 11.3 Å². The molecule has 0 atom stereocenters. The number of aliphatic carboxylic acids is 1. The van der Waals surface area contributed by atoms with Gasteiger partial charge in [-0.05, 0) is 48.1 Å². The number of carbonyl (C=O) groups is 1. The first-order valence-electron chi connectivity index (χ1n) is 7.16. The van der Waals surface area contributed by atoms with Crippen molar-refractivity contribution in [1.82, 2.24) is 4.57 Å². The van der Waals surface area contributed by atoms with Crippen LogP contribution in [0.4, 0.5) is 0 Å². The van der Waals surface area contributed by atoms with E-state index in [1.807, 2.05) is 0 Å². The van der Waals surface area contributed by atoms with Crippen LogP contribution in [0.5, 0.6) is 0 Å². The van der Waals surface area contributed by atoms with Crippen LogP contribution in [0.2, 0.25) is 5.02 Å². The van der Waals surface area contributed by atoms with Crippen LogP contribution in [0.3, 0.4) is 0 Å². The normalized spacial score (nSPS) is 13.6. The molecule has 1 saturated carbocycles. The van der Waals surface area contributed by atoms with Crippen LogP contribution < -0.4 is 5.56 Å². The van der Waals surface area contributed by atoms with Gasteiger partial charge in [0.2, 0.25) is 0 Å². The van der Waals surface area contributed by atoms with E-state index in [9.17, 15) is 14.9 Å². The van der Waals surface area contributed by atoms with Crippen molar-refractivity contribution in [3.63, 3.8) is 0 Å². The summed E-state index contributed by atoms with van der Waals surface area (Å²) < 4.78 is 1.19. The van der Waals surface area contributed by atoms with Crippen LogP contribution in [0.25, 0.3) is 11.1 Å². The van der Waals surface area contributed by atoms with E-state index in [4.69, 9.17) is 16.7 Å². The van der Waals surface area contributed by atoms with Crippen molar-refractivity contribution in [3.05, 3.63) is 57.0 Å². The molecule has 1 fully saturated rings. The summed E-state index contributed by atoms with van der Waals surface area (Å²) in [6, 6.07) is 8.44. The standard InChI is InChI=1S/C17H13ClN2O3/c18-12-4-3-11(7-19)13(5-12)14-6-16(21)20(9-17(22)23)8-15(14)10-1-2-10/h3-6,8,10H,1-2,9H2,(H,22,23). The Morgan fingerprint density at radius 2 is 2.09 bits per heavy atom. The summed E-state index contributed by atoms with van der Waals surface area (Å²) in [6.07, 6.45) is 3.58. The third-order valence-electron chi connectivity index (χ3n) is 3.87. The molecule has 1 N–H and O–H groups in total. The van der Waals surface area contributed by atoms with E-state index in [1.54, 1.807) is 24.4 Å².